The molecule has 0 bridgehead atoms. The SMILES string of the molecule is CN(c1nc(NCC(=O)NCCNC(=O)CNc2nc(N(C)C3CC(C)(C)NC(C)(C)C3)nc(N(C)C3CC(C)(C)NC(C)(C)C3)n2)nc(N(C)C2CC(C)(C)NC(C)(C)C2)n1)C1CC(C)(C)NC(C)(C)C1. The highest BCUT2D eigenvalue weighted by molar-refractivity contribution is 5.81. The van der Waals surface area contributed by atoms with Crippen LogP contribution in [0.2, 0.25) is 0 Å². The Bertz CT molecular complexity index is 1880. The molecule has 4 fully saturated rings. The first-order valence-corrected chi connectivity index (χ1v) is 26.5. The number of carbonyl (C=O) groups excluding carboxylic acids is 2. The lowest BCUT2D eigenvalue weighted by molar-refractivity contribution is -0.121. The minimum Gasteiger partial charge on any atom is -0.353 e. The Kier molecular flexibility index (Phi) is 16.4. The number of amides is 2. The van der Waals surface area contributed by atoms with Crippen LogP contribution in [-0.2, 0) is 9.59 Å². The smallest absolute Gasteiger partial charge is 0.239 e. The summed E-state index contributed by atoms with van der Waals surface area (Å²) < 4.78 is 0. The molecule has 0 spiro atoms. The summed E-state index contributed by atoms with van der Waals surface area (Å²) >= 11 is 0. The molecule has 20 nitrogen and oxygen atoms in total. The Hall–Kier alpha value is -4.40. The molecule has 8 N–H and O–H groups in total. The summed E-state index contributed by atoms with van der Waals surface area (Å²) in [4.78, 5) is 65.0. The number of rotatable bonds is 17. The standard InChI is InChI=1S/C52H96N18O2/c1-45(2)23-33(24-46(3,4)63-45)67(17)41-57-39(58-42(61-41)68(18)34-25-47(5,6)64-48(7,8)26-34)55-31-37(71)53-21-22-54-38(72)32-56-40-59-43(69(19)35-27-49(9,10)65-50(11,12)28-35)62-44(60-40)70(20)36-29-51(13,14)66-52(15,16)30-36/h33-36,63-66H,21-32H2,1-20H3,(H,53,71)(H,54,72)(H,55,57,58,61)(H,56,59,60,62). The van der Waals surface area contributed by atoms with Crippen LogP contribution in [0.15, 0.2) is 0 Å². The third-order valence-electron chi connectivity index (χ3n) is 14.9. The van der Waals surface area contributed by atoms with Gasteiger partial charge in [0.25, 0.3) is 0 Å². The summed E-state index contributed by atoms with van der Waals surface area (Å²) in [6.45, 7) is 36.2. The van der Waals surface area contributed by atoms with E-state index in [2.05, 4.69) is 201 Å². The molecule has 406 valence electrons. The van der Waals surface area contributed by atoms with E-state index < -0.39 is 0 Å². The molecule has 0 aliphatic carbocycles. The Morgan fingerprint density at radius 2 is 0.583 bits per heavy atom. The van der Waals surface area contributed by atoms with Crippen LogP contribution < -0.4 is 62.1 Å². The summed E-state index contributed by atoms with van der Waals surface area (Å²) in [5.74, 6) is 2.40. The van der Waals surface area contributed by atoms with Crippen molar-refractivity contribution >= 4 is 47.5 Å². The summed E-state index contributed by atoms with van der Waals surface area (Å²) in [6, 6.07) is 0.724. The molecule has 4 aliphatic heterocycles. The minimum absolute atomic E-state index is 0.0572. The van der Waals surface area contributed by atoms with Gasteiger partial charge in [-0.1, -0.05) is 0 Å². The van der Waals surface area contributed by atoms with Crippen LogP contribution in [0.4, 0.5) is 35.7 Å². The molecule has 4 saturated heterocycles. The molecule has 6 rings (SSSR count). The summed E-state index contributed by atoms with van der Waals surface area (Å²) in [6.07, 6.45) is 7.33. The second-order valence-electron chi connectivity index (χ2n) is 27.2. The number of carbonyl (C=O) groups is 2. The number of hydrogen-bond donors (Lipinski definition) is 8. The second kappa shape index (κ2) is 20.7. The zero-order valence-electron chi connectivity index (χ0n) is 48.1. The van der Waals surface area contributed by atoms with Gasteiger partial charge in [-0.15, -0.1) is 0 Å². The predicted octanol–water partition coefficient (Wildman–Crippen LogP) is 4.79. The van der Waals surface area contributed by atoms with E-state index in [1.54, 1.807) is 0 Å². The van der Waals surface area contributed by atoms with Crippen LogP contribution in [0.3, 0.4) is 0 Å². The molecule has 0 atom stereocenters. The fourth-order valence-electron chi connectivity index (χ4n) is 13.2. The molecule has 72 heavy (non-hydrogen) atoms. The summed E-state index contributed by atoms with van der Waals surface area (Å²) in [7, 11) is 8.23. The van der Waals surface area contributed by atoms with E-state index in [1.807, 2.05) is 0 Å². The molecule has 2 aromatic rings. The molecule has 6 heterocycles. The quantitative estimate of drug-likeness (QED) is 0.0999. The Labute approximate surface area is 432 Å². The van der Waals surface area contributed by atoms with E-state index >= 15 is 0 Å². The number of anilines is 6. The van der Waals surface area contributed by atoms with Crippen LogP contribution in [0.25, 0.3) is 0 Å². The van der Waals surface area contributed by atoms with Gasteiger partial charge >= 0.3 is 0 Å². The number of aromatic nitrogens is 6. The lowest BCUT2D eigenvalue weighted by atomic mass is 9.79. The van der Waals surface area contributed by atoms with E-state index in [0.717, 1.165) is 51.4 Å². The third kappa shape index (κ3) is 15.6. The van der Waals surface area contributed by atoms with Crippen molar-refractivity contribution in [1.29, 1.82) is 0 Å². The maximum absolute atomic E-state index is 13.3. The van der Waals surface area contributed by atoms with Crippen LogP contribution in [-0.4, -0.2) is 165 Å². The molecule has 0 saturated carbocycles. The van der Waals surface area contributed by atoms with Crippen LogP contribution in [0.5, 0.6) is 0 Å². The zero-order chi connectivity index (χ0) is 53.6. The molecular formula is C52H96N18O2. The number of piperidine rings is 4. The van der Waals surface area contributed by atoms with E-state index in [4.69, 9.17) is 29.9 Å². The van der Waals surface area contributed by atoms with E-state index in [9.17, 15) is 9.59 Å². The van der Waals surface area contributed by atoms with Gasteiger partial charge in [-0.25, -0.2) is 0 Å². The number of nitrogens with zero attached hydrogens (tertiary/aromatic N) is 10. The van der Waals surface area contributed by atoms with Gasteiger partial charge < -0.3 is 62.1 Å². The van der Waals surface area contributed by atoms with Crippen molar-refractivity contribution in [3.8, 4) is 0 Å². The van der Waals surface area contributed by atoms with Crippen molar-refractivity contribution < 1.29 is 9.59 Å². The van der Waals surface area contributed by atoms with Gasteiger partial charge in [0.1, 0.15) is 0 Å². The van der Waals surface area contributed by atoms with Crippen molar-refractivity contribution in [3.63, 3.8) is 0 Å². The van der Waals surface area contributed by atoms with Gasteiger partial charge in [0, 0.05) is 110 Å². The molecule has 0 radical (unpaired) electrons. The van der Waals surface area contributed by atoms with Gasteiger partial charge in [0.2, 0.25) is 47.5 Å². The fraction of sp³-hybridized carbons (Fsp3) is 0.846. The molecule has 2 aromatic heterocycles. The molecule has 2 amide bonds. The zero-order valence-corrected chi connectivity index (χ0v) is 48.1. The first-order valence-electron chi connectivity index (χ1n) is 26.5. The van der Waals surface area contributed by atoms with Crippen LogP contribution in [0.1, 0.15) is 162 Å². The van der Waals surface area contributed by atoms with E-state index in [0.29, 0.717) is 35.7 Å². The number of hydrogen-bond acceptors (Lipinski definition) is 18. The highest BCUT2D eigenvalue weighted by Crippen LogP contribution is 2.37. The van der Waals surface area contributed by atoms with Crippen molar-refractivity contribution in [1.82, 2.24) is 61.8 Å². The molecule has 0 unspecified atom stereocenters. The number of nitrogens with one attached hydrogen (secondary N) is 8. The van der Waals surface area contributed by atoms with Gasteiger partial charge in [-0.05, 0) is 162 Å². The molecule has 20 heteroatoms. The first kappa shape index (κ1) is 56.9. The predicted molar refractivity (Wildman–Crippen MR) is 294 cm³/mol. The minimum atomic E-state index is -0.254. The maximum Gasteiger partial charge on any atom is 0.239 e. The van der Waals surface area contributed by atoms with E-state index in [-0.39, 0.29) is 106 Å². The lowest BCUT2D eigenvalue weighted by Gasteiger charge is -2.49. The normalized spacial score (nSPS) is 23.3. The van der Waals surface area contributed by atoms with Gasteiger partial charge in [0.05, 0.1) is 13.1 Å². The highest BCUT2D eigenvalue weighted by atomic mass is 16.2. The monoisotopic (exact) mass is 1000 g/mol. The molecule has 0 aromatic carbocycles. The molecule has 4 aliphatic rings. The van der Waals surface area contributed by atoms with Crippen molar-refractivity contribution in [2.75, 3.05) is 84.6 Å². The average molecular weight is 1010 g/mol. The van der Waals surface area contributed by atoms with Gasteiger partial charge in [0.15, 0.2) is 0 Å². The average Bonchev–Trinajstić information content (AvgIpc) is 3.20. The fourth-order valence-corrected chi connectivity index (χ4v) is 13.2. The summed E-state index contributed by atoms with van der Waals surface area (Å²) in [5.41, 5.74) is -0.588. The first-order chi connectivity index (χ1) is 32.9. The second-order valence-corrected chi connectivity index (χ2v) is 27.2. The third-order valence-corrected chi connectivity index (χ3v) is 14.9. The Morgan fingerprint density at radius 3 is 0.778 bits per heavy atom. The Balaban J connectivity index is 1.09. The largest absolute Gasteiger partial charge is 0.353 e. The van der Waals surface area contributed by atoms with Crippen LogP contribution >= 0.6 is 0 Å². The maximum atomic E-state index is 13.3. The van der Waals surface area contributed by atoms with Gasteiger partial charge in [-0.3, -0.25) is 9.59 Å². The lowest BCUT2D eigenvalue weighted by Crippen LogP contribution is -2.62. The van der Waals surface area contributed by atoms with Crippen LogP contribution in [0, 0.1) is 0 Å². The Morgan fingerprint density at radius 1 is 0.389 bits per heavy atom. The highest BCUT2D eigenvalue weighted by Gasteiger charge is 2.44. The summed E-state index contributed by atoms with van der Waals surface area (Å²) in [5, 5.41) is 27.4. The van der Waals surface area contributed by atoms with E-state index in [1.165, 1.54) is 0 Å². The van der Waals surface area contributed by atoms with Crippen molar-refractivity contribution in [2.24, 2.45) is 0 Å². The molecular weight excluding hydrogens is 909 g/mol. The van der Waals surface area contributed by atoms with Crippen molar-refractivity contribution in [2.45, 2.75) is 231 Å². The van der Waals surface area contributed by atoms with Gasteiger partial charge in [-0.2, -0.15) is 29.9 Å². The topological polar surface area (TPSA) is 221 Å². The van der Waals surface area contributed by atoms with Crippen molar-refractivity contribution in [3.05, 3.63) is 0 Å².